The average Bonchev–Trinajstić information content (AvgIpc) is 2.81. The minimum atomic E-state index is 0.600. The van der Waals surface area contributed by atoms with Gasteiger partial charge in [0.25, 0.3) is 0 Å². The molecule has 2 heterocycles. The van der Waals surface area contributed by atoms with E-state index in [1.54, 1.807) is 12.4 Å². The maximum absolute atomic E-state index is 5.77. The summed E-state index contributed by atoms with van der Waals surface area (Å²) in [6.07, 6.45) is 4.65. The van der Waals surface area contributed by atoms with Gasteiger partial charge in [0.05, 0.1) is 6.54 Å². The highest BCUT2D eigenvalue weighted by Gasteiger charge is 2.18. The van der Waals surface area contributed by atoms with Gasteiger partial charge in [0.1, 0.15) is 12.4 Å². The Hall–Kier alpha value is -2.87. The molecule has 1 aromatic carbocycles. The molecule has 2 N–H and O–H groups in total. The summed E-state index contributed by atoms with van der Waals surface area (Å²) < 4.78 is 5.77. The molecule has 0 bridgehead atoms. The molecule has 3 rings (SSSR count). The molecule has 0 spiro atoms. The highest BCUT2D eigenvalue weighted by atomic mass is 16.5. The van der Waals surface area contributed by atoms with Crippen LogP contribution in [0.3, 0.4) is 0 Å². The molecule has 31 heavy (non-hydrogen) atoms. The number of rotatable bonds is 10. The smallest absolute Gasteiger partial charge is 0.225 e. The van der Waals surface area contributed by atoms with Gasteiger partial charge >= 0.3 is 0 Å². The Bertz CT molecular complexity index is 774. The van der Waals surface area contributed by atoms with Crippen molar-refractivity contribution in [1.82, 2.24) is 25.5 Å². The molecule has 1 aromatic heterocycles. The number of aromatic nitrogens is 2. The van der Waals surface area contributed by atoms with Crippen LogP contribution in [-0.4, -0.2) is 79.8 Å². The minimum Gasteiger partial charge on any atom is -0.492 e. The van der Waals surface area contributed by atoms with Crippen molar-refractivity contribution in [3.8, 4) is 5.75 Å². The molecule has 1 aliphatic rings. The topological polar surface area (TPSA) is 77.9 Å². The first-order chi connectivity index (χ1) is 15.2. The van der Waals surface area contributed by atoms with E-state index in [4.69, 9.17) is 9.73 Å². The number of benzene rings is 1. The monoisotopic (exact) mass is 425 g/mol. The number of piperazine rings is 1. The molecular formula is C23H35N7O. The van der Waals surface area contributed by atoms with E-state index in [2.05, 4.69) is 56.4 Å². The van der Waals surface area contributed by atoms with Crippen LogP contribution in [0.1, 0.15) is 18.9 Å². The number of hydrogen-bond acceptors (Lipinski definition) is 6. The van der Waals surface area contributed by atoms with Crippen LogP contribution < -0.4 is 20.3 Å². The van der Waals surface area contributed by atoms with Gasteiger partial charge in [-0.1, -0.05) is 17.7 Å². The Morgan fingerprint density at radius 2 is 1.81 bits per heavy atom. The molecular weight excluding hydrogens is 390 g/mol. The molecule has 1 fully saturated rings. The van der Waals surface area contributed by atoms with Crippen LogP contribution in [0.2, 0.25) is 0 Å². The standard InChI is InChI=1S/C23H35N7O/c1-3-24-22(26-13-19-31-21-8-6-20(2)7-9-21)25-12-5-14-29-15-17-30(18-16-29)23-27-10-4-11-28-23/h4,6-11H,3,5,12-19H2,1-2H3,(H2,24,25,26). The lowest BCUT2D eigenvalue weighted by Crippen LogP contribution is -2.47. The van der Waals surface area contributed by atoms with Gasteiger partial charge < -0.3 is 20.3 Å². The van der Waals surface area contributed by atoms with Gasteiger partial charge in [0.15, 0.2) is 5.96 Å². The van der Waals surface area contributed by atoms with Crippen molar-refractivity contribution in [2.24, 2.45) is 4.99 Å². The Labute approximate surface area is 185 Å². The van der Waals surface area contributed by atoms with E-state index in [9.17, 15) is 0 Å². The van der Waals surface area contributed by atoms with E-state index in [1.165, 1.54) is 5.56 Å². The number of hydrogen-bond donors (Lipinski definition) is 2. The molecule has 168 valence electrons. The first kappa shape index (κ1) is 22.8. The molecule has 0 aliphatic carbocycles. The number of aryl methyl sites for hydroxylation is 1. The second kappa shape index (κ2) is 12.7. The summed E-state index contributed by atoms with van der Waals surface area (Å²) >= 11 is 0. The van der Waals surface area contributed by atoms with Crippen LogP contribution in [0.5, 0.6) is 5.75 Å². The van der Waals surface area contributed by atoms with Gasteiger partial charge in [0, 0.05) is 58.2 Å². The summed E-state index contributed by atoms with van der Waals surface area (Å²) in [5, 5.41) is 6.64. The van der Waals surface area contributed by atoms with Crippen LogP contribution in [0.4, 0.5) is 5.95 Å². The third-order valence-electron chi connectivity index (χ3n) is 5.14. The predicted octanol–water partition coefficient (Wildman–Crippen LogP) is 1.93. The fraction of sp³-hybridized carbons (Fsp3) is 0.522. The van der Waals surface area contributed by atoms with E-state index in [0.717, 1.165) is 69.9 Å². The quantitative estimate of drug-likeness (QED) is 0.342. The average molecular weight is 426 g/mol. The highest BCUT2D eigenvalue weighted by molar-refractivity contribution is 5.79. The molecule has 0 atom stereocenters. The molecule has 0 radical (unpaired) electrons. The highest BCUT2D eigenvalue weighted by Crippen LogP contribution is 2.11. The summed E-state index contributed by atoms with van der Waals surface area (Å²) in [5.41, 5.74) is 1.24. The number of nitrogens with one attached hydrogen (secondary N) is 2. The minimum absolute atomic E-state index is 0.600. The fourth-order valence-corrected chi connectivity index (χ4v) is 3.43. The third-order valence-corrected chi connectivity index (χ3v) is 5.14. The molecule has 2 aromatic rings. The lowest BCUT2D eigenvalue weighted by Gasteiger charge is -2.34. The fourth-order valence-electron chi connectivity index (χ4n) is 3.43. The largest absolute Gasteiger partial charge is 0.492 e. The summed E-state index contributed by atoms with van der Waals surface area (Å²) in [5.74, 6) is 2.58. The van der Waals surface area contributed by atoms with Crippen molar-refractivity contribution < 1.29 is 4.74 Å². The van der Waals surface area contributed by atoms with Crippen molar-refractivity contribution in [1.29, 1.82) is 0 Å². The summed E-state index contributed by atoms with van der Waals surface area (Å²) in [4.78, 5) is 18.1. The van der Waals surface area contributed by atoms with Gasteiger partial charge in [0.2, 0.25) is 5.95 Å². The normalized spacial score (nSPS) is 15.0. The van der Waals surface area contributed by atoms with Crippen LogP contribution in [-0.2, 0) is 0 Å². The number of anilines is 1. The van der Waals surface area contributed by atoms with Crippen LogP contribution in [0.15, 0.2) is 47.7 Å². The van der Waals surface area contributed by atoms with Crippen LogP contribution >= 0.6 is 0 Å². The lowest BCUT2D eigenvalue weighted by atomic mass is 10.2. The number of ether oxygens (including phenoxy) is 1. The molecule has 8 heteroatoms. The predicted molar refractivity (Wildman–Crippen MR) is 126 cm³/mol. The molecule has 0 amide bonds. The molecule has 1 aliphatic heterocycles. The van der Waals surface area contributed by atoms with E-state index in [0.29, 0.717) is 13.2 Å². The molecule has 1 saturated heterocycles. The summed E-state index contributed by atoms with van der Waals surface area (Å²) in [6.45, 7) is 12.2. The van der Waals surface area contributed by atoms with Gasteiger partial charge in [-0.3, -0.25) is 9.89 Å². The van der Waals surface area contributed by atoms with E-state index < -0.39 is 0 Å². The SMILES string of the molecule is CCNC(=NCCCN1CCN(c2ncccn2)CC1)NCCOc1ccc(C)cc1. The number of nitrogens with zero attached hydrogens (tertiary/aromatic N) is 5. The van der Waals surface area contributed by atoms with E-state index in [1.807, 2.05) is 18.2 Å². The molecule has 0 unspecified atom stereocenters. The maximum Gasteiger partial charge on any atom is 0.225 e. The van der Waals surface area contributed by atoms with Crippen LogP contribution in [0.25, 0.3) is 0 Å². The van der Waals surface area contributed by atoms with Crippen molar-refractivity contribution >= 4 is 11.9 Å². The zero-order chi connectivity index (χ0) is 21.7. The number of guanidine groups is 1. The van der Waals surface area contributed by atoms with Gasteiger partial charge in [-0.25, -0.2) is 9.97 Å². The van der Waals surface area contributed by atoms with Crippen molar-refractivity contribution in [2.75, 3.05) is 63.9 Å². The third kappa shape index (κ3) is 8.05. The summed E-state index contributed by atoms with van der Waals surface area (Å²) in [7, 11) is 0. The van der Waals surface area contributed by atoms with Crippen molar-refractivity contribution in [3.63, 3.8) is 0 Å². The van der Waals surface area contributed by atoms with E-state index >= 15 is 0 Å². The lowest BCUT2D eigenvalue weighted by molar-refractivity contribution is 0.255. The molecule has 8 nitrogen and oxygen atoms in total. The van der Waals surface area contributed by atoms with Gasteiger partial charge in [-0.2, -0.15) is 0 Å². The van der Waals surface area contributed by atoms with E-state index in [-0.39, 0.29) is 0 Å². The Kier molecular flexibility index (Phi) is 9.37. The Morgan fingerprint density at radius 3 is 2.52 bits per heavy atom. The summed E-state index contributed by atoms with van der Waals surface area (Å²) in [6, 6.07) is 9.98. The second-order valence-electron chi connectivity index (χ2n) is 7.58. The first-order valence-corrected chi connectivity index (χ1v) is 11.2. The van der Waals surface area contributed by atoms with Gasteiger partial charge in [-0.05, 0) is 38.5 Å². The molecule has 0 saturated carbocycles. The first-order valence-electron chi connectivity index (χ1n) is 11.2. The van der Waals surface area contributed by atoms with Crippen LogP contribution in [0, 0.1) is 6.92 Å². The zero-order valence-electron chi connectivity index (χ0n) is 18.8. The zero-order valence-corrected chi connectivity index (χ0v) is 18.8. The van der Waals surface area contributed by atoms with Gasteiger partial charge in [-0.15, -0.1) is 0 Å². The maximum atomic E-state index is 5.77. The van der Waals surface area contributed by atoms with Crippen molar-refractivity contribution in [3.05, 3.63) is 48.3 Å². The second-order valence-corrected chi connectivity index (χ2v) is 7.58. The number of aliphatic imine (C=N–C) groups is 1. The van der Waals surface area contributed by atoms with Crippen molar-refractivity contribution in [2.45, 2.75) is 20.3 Å². The Balaban J connectivity index is 1.31. The Morgan fingerprint density at radius 1 is 1.06 bits per heavy atom.